The molecule has 0 aliphatic carbocycles. The molecular weight excluding hydrogens is 224 g/mol. The van der Waals surface area contributed by atoms with Crippen LogP contribution in [-0.2, 0) is 9.59 Å². The molecule has 5 nitrogen and oxygen atoms in total. The van der Waals surface area contributed by atoms with Crippen molar-refractivity contribution in [2.45, 2.75) is 58.0 Å². The van der Waals surface area contributed by atoms with Crippen LogP contribution in [0, 0.1) is 5.92 Å². The lowest BCUT2D eigenvalue weighted by Crippen LogP contribution is -2.15. The van der Waals surface area contributed by atoms with E-state index in [1.165, 1.54) is 0 Å². The summed E-state index contributed by atoms with van der Waals surface area (Å²) >= 11 is 0. The number of aliphatic carboxylic acids is 2. The number of carboxylic acids is 2. The zero-order chi connectivity index (χ0) is 13.3. The second-order valence-corrected chi connectivity index (χ2v) is 4.31. The van der Waals surface area contributed by atoms with Gasteiger partial charge < -0.3 is 15.3 Å². The molecule has 0 aromatic rings. The molecule has 0 aliphatic rings. The molecular formula is C12H22O5. The maximum atomic E-state index is 10.9. The van der Waals surface area contributed by atoms with Crippen LogP contribution in [0.1, 0.15) is 51.9 Å². The molecule has 100 valence electrons. The van der Waals surface area contributed by atoms with E-state index >= 15 is 0 Å². The topological polar surface area (TPSA) is 94.8 Å². The highest BCUT2D eigenvalue weighted by Gasteiger charge is 2.18. The van der Waals surface area contributed by atoms with Gasteiger partial charge in [-0.1, -0.05) is 19.8 Å². The third-order valence-corrected chi connectivity index (χ3v) is 2.87. The molecule has 0 amide bonds. The fraction of sp³-hybridized carbons (Fsp3) is 0.833. The van der Waals surface area contributed by atoms with E-state index in [0.717, 1.165) is 6.42 Å². The minimum Gasteiger partial charge on any atom is -0.481 e. The summed E-state index contributed by atoms with van der Waals surface area (Å²) in [4.78, 5) is 21.2. The first-order valence-electron chi connectivity index (χ1n) is 6.10. The highest BCUT2D eigenvalue weighted by Crippen LogP contribution is 2.17. The number of rotatable bonds is 10. The Morgan fingerprint density at radius 3 is 2.12 bits per heavy atom. The summed E-state index contributed by atoms with van der Waals surface area (Å²) in [6, 6.07) is 0. The number of aliphatic hydroxyl groups excluding tert-OH is 1. The number of unbranched alkanes of at least 4 members (excludes halogenated alkanes) is 1. The second-order valence-electron chi connectivity index (χ2n) is 4.31. The second kappa shape index (κ2) is 8.98. The van der Waals surface area contributed by atoms with Gasteiger partial charge in [0.05, 0.1) is 12.0 Å². The van der Waals surface area contributed by atoms with Gasteiger partial charge in [0.15, 0.2) is 0 Å². The van der Waals surface area contributed by atoms with Crippen LogP contribution < -0.4 is 0 Å². The van der Waals surface area contributed by atoms with Crippen molar-refractivity contribution in [3.63, 3.8) is 0 Å². The highest BCUT2D eigenvalue weighted by molar-refractivity contribution is 5.72. The maximum Gasteiger partial charge on any atom is 0.306 e. The summed E-state index contributed by atoms with van der Waals surface area (Å²) in [6.45, 7) is 1.90. The molecule has 0 saturated carbocycles. The van der Waals surface area contributed by atoms with Crippen LogP contribution in [0.3, 0.4) is 0 Å². The Bertz CT molecular complexity index is 239. The van der Waals surface area contributed by atoms with Gasteiger partial charge in [-0.25, -0.2) is 0 Å². The van der Waals surface area contributed by atoms with E-state index in [1.54, 1.807) is 0 Å². The van der Waals surface area contributed by atoms with E-state index in [9.17, 15) is 14.7 Å². The number of hydrogen-bond donors (Lipinski definition) is 3. The van der Waals surface area contributed by atoms with Crippen LogP contribution in [0.5, 0.6) is 0 Å². The van der Waals surface area contributed by atoms with Crippen LogP contribution in [0.15, 0.2) is 0 Å². The first-order valence-corrected chi connectivity index (χ1v) is 6.10. The molecule has 0 rings (SSSR count). The molecule has 0 fully saturated rings. The van der Waals surface area contributed by atoms with Crippen LogP contribution in [0.2, 0.25) is 0 Å². The Morgan fingerprint density at radius 2 is 1.65 bits per heavy atom. The van der Waals surface area contributed by atoms with E-state index in [2.05, 4.69) is 0 Å². The Kier molecular flexibility index (Phi) is 8.40. The fourth-order valence-corrected chi connectivity index (χ4v) is 1.66. The molecule has 5 heteroatoms. The average Bonchev–Trinajstić information content (AvgIpc) is 2.26. The third kappa shape index (κ3) is 8.68. The number of aliphatic hydroxyl groups is 1. The van der Waals surface area contributed by atoms with E-state index in [4.69, 9.17) is 10.2 Å². The number of carbonyl (C=O) groups is 2. The SMILES string of the molecule is CCC(O)CCCCC(CCC(=O)O)C(=O)O. The normalized spacial score (nSPS) is 14.2. The number of hydrogen-bond acceptors (Lipinski definition) is 3. The van der Waals surface area contributed by atoms with Gasteiger partial charge in [0.25, 0.3) is 0 Å². The highest BCUT2D eigenvalue weighted by atomic mass is 16.4. The van der Waals surface area contributed by atoms with Gasteiger partial charge in [-0.05, 0) is 25.7 Å². The van der Waals surface area contributed by atoms with Gasteiger partial charge in [-0.15, -0.1) is 0 Å². The molecule has 0 aromatic heterocycles. The Hall–Kier alpha value is -1.10. The van der Waals surface area contributed by atoms with E-state index in [-0.39, 0.29) is 18.9 Å². The quantitative estimate of drug-likeness (QED) is 0.511. The summed E-state index contributed by atoms with van der Waals surface area (Å²) in [7, 11) is 0. The molecule has 17 heavy (non-hydrogen) atoms. The van der Waals surface area contributed by atoms with Gasteiger partial charge in [0, 0.05) is 6.42 Å². The van der Waals surface area contributed by atoms with Gasteiger partial charge in [0.2, 0.25) is 0 Å². The van der Waals surface area contributed by atoms with Crippen molar-refractivity contribution in [1.29, 1.82) is 0 Å². The van der Waals surface area contributed by atoms with E-state index in [0.29, 0.717) is 25.7 Å². The summed E-state index contributed by atoms with van der Waals surface area (Å²) in [5.74, 6) is -2.47. The smallest absolute Gasteiger partial charge is 0.306 e. The summed E-state index contributed by atoms with van der Waals surface area (Å²) in [5, 5.41) is 26.7. The molecule has 2 atom stereocenters. The minimum absolute atomic E-state index is 0.103. The van der Waals surface area contributed by atoms with Gasteiger partial charge in [-0.2, -0.15) is 0 Å². The van der Waals surface area contributed by atoms with Crippen molar-refractivity contribution < 1.29 is 24.9 Å². The monoisotopic (exact) mass is 246 g/mol. The van der Waals surface area contributed by atoms with Crippen molar-refractivity contribution in [1.82, 2.24) is 0 Å². The number of carboxylic acid groups (broad SMARTS) is 2. The van der Waals surface area contributed by atoms with Crippen molar-refractivity contribution in [3.8, 4) is 0 Å². The molecule has 0 aromatic carbocycles. The van der Waals surface area contributed by atoms with Crippen molar-refractivity contribution >= 4 is 11.9 Å². The van der Waals surface area contributed by atoms with Gasteiger partial charge in [-0.3, -0.25) is 9.59 Å². The fourth-order valence-electron chi connectivity index (χ4n) is 1.66. The summed E-state index contributed by atoms with van der Waals surface area (Å²) < 4.78 is 0. The zero-order valence-electron chi connectivity index (χ0n) is 10.3. The summed E-state index contributed by atoms with van der Waals surface area (Å²) in [5.41, 5.74) is 0. The maximum absolute atomic E-state index is 10.9. The standard InChI is InChI=1S/C12H22O5/c1-2-10(13)6-4-3-5-9(12(16)17)7-8-11(14)15/h9-10,13H,2-8H2,1H3,(H,14,15)(H,16,17). The largest absolute Gasteiger partial charge is 0.481 e. The molecule has 2 unspecified atom stereocenters. The third-order valence-electron chi connectivity index (χ3n) is 2.87. The van der Waals surface area contributed by atoms with E-state index < -0.39 is 17.9 Å². The first-order chi connectivity index (χ1) is 7.97. The zero-order valence-corrected chi connectivity index (χ0v) is 10.3. The Morgan fingerprint density at radius 1 is 1.06 bits per heavy atom. The predicted molar refractivity (Wildman–Crippen MR) is 62.8 cm³/mol. The van der Waals surface area contributed by atoms with Crippen LogP contribution in [0.4, 0.5) is 0 Å². The van der Waals surface area contributed by atoms with Crippen molar-refractivity contribution in [3.05, 3.63) is 0 Å². The van der Waals surface area contributed by atoms with Crippen LogP contribution >= 0.6 is 0 Å². The van der Waals surface area contributed by atoms with Crippen molar-refractivity contribution in [2.24, 2.45) is 5.92 Å². The predicted octanol–water partition coefficient (Wildman–Crippen LogP) is 1.88. The molecule has 0 radical (unpaired) electrons. The lowest BCUT2D eigenvalue weighted by Gasteiger charge is -2.11. The van der Waals surface area contributed by atoms with Gasteiger partial charge in [0.1, 0.15) is 0 Å². The first kappa shape index (κ1) is 15.9. The lowest BCUT2D eigenvalue weighted by atomic mass is 9.95. The molecule has 0 heterocycles. The van der Waals surface area contributed by atoms with Crippen molar-refractivity contribution in [2.75, 3.05) is 0 Å². The minimum atomic E-state index is -0.961. The summed E-state index contributed by atoms with van der Waals surface area (Å²) in [6.07, 6.45) is 3.15. The molecule has 0 saturated heterocycles. The van der Waals surface area contributed by atoms with Gasteiger partial charge >= 0.3 is 11.9 Å². The Labute approximate surface area is 101 Å². The molecule has 0 aliphatic heterocycles. The Balaban J connectivity index is 3.78. The average molecular weight is 246 g/mol. The molecule has 0 bridgehead atoms. The van der Waals surface area contributed by atoms with Crippen LogP contribution in [-0.4, -0.2) is 33.4 Å². The molecule has 3 N–H and O–H groups in total. The van der Waals surface area contributed by atoms with E-state index in [1.807, 2.05) is 6.92 Å². The molecule has 0 spiro atoms. The lowest BCUT2D eigenvalue weighted by molar-refractivity contribution is -0.143. The van der Waals surface area contributed by atoms with Crippen LogP contribution in [0.25, 0.3) is 0 Å².